The Bertz CT molecular complexity index is 335. The standard InChI is InChI=1S/C7H5F3N2O/c1-4-5(12-3-2-11-4)6(13)7(8,9)10/h2-3H,1H3. The number of halogens is 3. The fourth-order valence-electron chi connectivity index (χ4n) is 0.765. The highest BCUT2D eigenvalue weighted by Gasteiger charge is 2.41. The van der Waals surface area contributed by atoms with Gasteiger partial charge < -0.3 is 0 Å². The van der Waals surface area contributed by atoms with Crippen LogP contribution < -0.4 is 0 Å². The first-order valence-corrected chi connectivity index (χ1v) is 3.32. The maximum absolute atomic E-state index is 11.9. The number of ketones is 1. The molecule has 0 saturated carbocycles. The summed E-state index contributed by atoms with van der Waals surface area (Å²) in [5, 5.41) is 0. The molecule has 6 heteroatoms. The zero-order valence-electron chi connectivity index (χ0n) is 6.59. The maximum atomic E-state index is 11.9. The summed E-state index contributed by atoms with van der Waals surface area (Å²) in [4.78, 5) is 17.5. The van der Waals surface area contributed by atoms with E-state index < -0.39 is 17.7 Å². The van der Waals surface area contributed by atoms with Crippen LogP contribution in [-0.4, -0.2) is 21.9 Å². The Morgan fingerprint density at radius 1 is 1.31 bits per heavy atom. The van der Waals surface area contributed by atoms with Crippen LogP contribution in [0.3, 0.4) is 0 Å². The zero-order valence-corrected chi connectivity index (χ0v) is 6.59. The van der Waals surface area contributed by atoms with Gasteiger partial charge in [0, 0.05) is 12.4 Å². The molecule has 13 heavy (non-hydrogen) atoms. The van der Waals surface area contributed by atoms with Gasteiger partial charge in [-0.3, -0.25) is 9.78 Å². The molecule has 1 rings (SSSR count). The second-order valence-corrected chi connectivity index (χ2v) is 2.32. The molecule has 0 aromatic carbocycles. The van der Waals surface area contributed by atoms with E-state index in [1.165, 1.54) is 13.1 Å². The average molecular weight is 190 g/mol. The van der Waals surface area contributed by atoms with Crippen molar-refractivity contribution in [3.8, 4) is 0 Å². The first-order chi connectivity index (χ1) is 5.93. The summed E-state index contributed by atoms with van der Waals surface area (Å²) in [7, 11) is 0. The Hall–Kier alpha value is -1.46. The minimum absolute atomic E-state index is 0.0233. The average Bonchev–Trinajstić information content (AvgIpc) is 2.02. The molecule has 0 bridgehead atoms. The zero-order chi connectivity index (χ0) is 10.1. The van der Waals surface area contributed by atoms with Crippen LogP contribution in [0, 0.1) is 6.92 Å². The van der Waals surface area contributed by atoms with Gasteiger partial charge >= 0.3 is 6.18 Å². The third kappa shape index (κ3) is 2.01. The van der Waals surface area contributed by atoms with E-state index in [0.29, 0.717) is 0 Å². The number of rotatable bonds is 1. The molecule has 0 aliphatic heterocycles. The smallest absolute Gasteiger partial charge is 0.282 e. The van der Waals surface area contributed by atoms with Crippen LogP contribution in [0.2, 0.25) is 0 Å². The molecule has 0 fully saturated rings. The largest absolute Gasteiger partial charge is 0.456 e. The molecule has 0 aliphatic carbocycles. The first-order valence-electron chi connectivity index (χ1n) is 3.32. The van der Waals surface area contributed by atoms with Crippen LogP contribution in [0.5, 0.6) is 0 Å². The Kier molecular flexibility index (Phi) is 2.31. The molecule has 1 aromatic heterocycles. The third-order valence-corrected chi connectivity index (χ3v) is 1.35. The van der Waals surface area contributed by atoms with Gasteiger partial charge in [-0.05, 0) is 6.92 Å². The topological polar surface area (TPSA) is 42.9 Å². The van der Waals surface area contributed by atoms with E-state index >= 15 is 0 Å². The number of carbonyl (C=O) groups is 1. The van der Waals surface area contributed by atoms with Gasteiger partial charge in [0.2, 0.25) is 0 Å². The van der Waals surface area contributed by atoms with Gasteiger partial charge in [0.25, 0.3) is 5.78 Å². The number of alkyl halides is 3. The predicted octanol–water partition coefficient (Wildman–Crippen LogP) is 1.53. The molecule has 3 nitrogen and oxygen atoms in total. The van der Waals surface area contributed by atoms with Gasteiger partial charge in [-0.1, -0.05) is 0 Å². The molecule has 0 radical (unpaired) electrons. The highest BCUT2D eigenvalue weighted by Crippen LogP contribution is 2.20. The van der Waals surface area contributed by atoms with Gasteiger partial charge in [-0.15, -0.1) is 0 Å². The van der Waals surface area contributed by atoms with Crippen LogP contribution in [0.25, 0.3) is 0 Å². The van der Waals surface area contributed by atoms with Crippen LogP contribution >= 0.6 is 0 Å². The fraction of sp³-hybridized carbons (Fsp3) is 0.286. The minimum atomic E-state index is -4.89. The Balaban J connectivity index is 3.10. The number of aryl methyl sites for hydroxylation is 1. The lowest BCUT2D eigenvalue weighted by atomic mass is 10.2. The lowest BCUT2D eigenvalue weighted by Gasteiger charge is -2.04. The summed E-state index contributed by atoms with van der Waals surface area (Å²) in [6, 6.07) is 0. The molecule has 1 heterocycles. The van der Waals surface area contributed by atoms with E-state index in [9.17, 15) is 18.0 Å². The second kappa shape index (κ2) is 3.12. The SMILES string of the molecule is Cc1nccnc1C(=O)C(F)(F)F. The van der Waals surface area contributed by atoms with Crippen molar-refractivity contribution >= 4 is 5.78 Å². The van der Waals surface area contributed by atoms with Crippen molar-refractivity contribution < 1.29 is 18.0 Å². The fourth-order valence-corrected chi connectivity index (χ4v) is 0.765. The van der Waals surface area contributed by atoms with Crippen molar-refractivity contribution in [2.45, 2.75) is 13.1 Å². The molecule has 0 saturated heterocycles. The molecule has 1 aromatic rings. The third-order valence-electron chi connectivity index (χ3n) is 1.35. The molecular weight excluding hydrogens is 185 g/mol. The summed E-state index contributed by atoms with van der Waals surface area (Å²) in [6.07, 6.45) is -2.62. The molecule has 0 N–H and O–H groups in total. The van der Waals surface area contributed by atoms with E-state index in [-0.39, 0.29) is 5.69 Å². The predicted molar refractivity (Wildman–Crippen MR) is 37.2 cm³/mol. The monoisotopic (exact) mass is 190 g/mol. The molecule has 0 aliphatic rings. The number of Topliss-reactive ketones (excluding diaryl/α,β-unsaturated/α-hetero) is 1. The van der Waals surface area contributed by atoms with Gasteiger partial charge in [0.1, 0.15) is 5.69 Å². The van der Waals surface area contributed by atoms with E-state index in [4.69, 9.17) is 0 Å². The lowest BCUT2D eigenvalue weighted by molar-refractivity contribution is -0.0889. The van der Waals surface area contributed by atoms with Crippen LogP contribution in [0.1, 0.15) is 16.2 Å². The summed E-state index contributed by atoms with van der Waals surface area (Å²) < 4.78 is 35.7. The van der Waals surface area contributed by atoms with Crippen molar-refractivity contribution in [2.75, 3.05) is 0 Å². The highest BCUT2D eigenvalue weighted by molar-refractivity contribution is 5.99. The summed E-state index contributed by atoms with van der Waals surface area (Å²) in [6.45, 7) is 1.30. The molecular formula is C7H5F3N2O. The van der Waals surface area contributed by atoms with Crippen LogP contribution in [0.15, 0.2) is 12.4 Å². The van der Waals surface area contributed by atoms with Crippen molar-refractivity contribution in [1.82, 2.24) is 9.97 Å². The van der Waals surface area contributed by atoms with Crippen molar-refractivity contribution in [3.05, 3.63) is 23.8 Å². The quantitative estimate of drug-likeness (QED) is 0.630. The van der Waals surface area contributed by atoms with Gasteiger partial charge in [0.15, 0.2) is 0 Å². The van der Waals surface area contributed by atoms with E-state index in [0.717, 1.165) is 6.20 Å². The van der Waals surface area contributed by atoms with Gasteiger partial charge in [-0.25, -0.2) is 4.98 Å². The number of carbonyl (C=O) groups excluding carboxylic acids is 1. The van der Waals surface area contributed by atoms with Crippen molar-refractivity contribution in [2.24, 2.45) is 0 Å². The molecule has 0 atom stereocenters. The number of hydrogen-bond donors (Lipinski definition) is 0. The van der Waals surface area contributed by atoms with Crippen molar-refractivity contribution in [3.63, 3.8) is 0 Å². The van der Waals surface area contributed by atoms with Crippen LogP contribution in [0.4, 0.5) is 13.2 Å². The first kappa shape index (κ1) is 9.63. The minimum Gasteiger partial charge on any atom is -0.282 e. The molecule has 0 amide bonds. The molecule has 70 valence electrons. The van der Waals surface area contributed by atoms with E-state index in [1.54, 1.807) is 0 Å². The summed E-state index contributed by atoms with van der Waals surface area (Å²) >= 11 is 0. The Morgan fingerprint density at radius 3 is 2.31 bits per heavy atom. The summed E-state index contributed by atoms with van der Waals surface area (Å²) in [5.41, 5.74) is -0.667. The lowest BCUT2D eigenvalue weighted by Crippen LogP contribution is -2.25. The van der Waals surface area contributed by atoms with Gasteiger partial charge in [-0.2, -0.15) is 13.2 Å². The van der Waals surface area contributed by atoms with Crippen molar-refractivity contribution in [1.29, 1.82) is 0 Å². The number of nitrogens with zero attached hydrogens (tertiary/aromatic N) is 2. The number of aromatic nitrogens is 2. The molecule has 0 unspecified atom stereocenters. The van der Waals surface area contributed by atoms with E-state index in [1.807, 2.05) is 0 Å². The van der Waals surface area contributed by atoms with Gasteiger partial charge in [0.05, 0.1) is 5.69 Å². The Morgan fingerprint density at radius 2 is 1.85 bits per heavy atom. The van der Waals surface area contributed by atoms with E-state index in [2.05, 4.69) is 9.97 Å². The number of hydrogen-bond acceptors (Lipinski definition) is 3. The second-order valence-electron chi connectivity index (χ2n) is 2.32. The Labute approximate surface area is 71.6 Å². The molecule has 0 spiro atoms. The normalized spacial score (nSPS) is 11.4. The maximum Gasteiger partial charge on any atom is 0.456 e. The van der Waals surface area contributed by atoms with Crippen LogP contribution in [-0.2, 0) is 0 Å². The summed E-state index contributed by atoms with van der Waals surface area (Å²) in [5.74, 6) is -1.96. The highest BCUT2D eigenvalue weighted by atomic mass is 19.4.